The molecule has 0 saturated carbocycles. The van der Waals surface area contributed by atoms with Crippen LogP contribution in [-0.2, 0) is 9.59 Å². The molecule has 1 saturated heterocycles. The number of carbonyl (C=O) groups is 2. The van der Waals surface area contributed by atoms with Crippen LogP contribution in [0.4, 0.5) is 0 Å². The molecule has 7 heteroatoms. The smallest absolute Gasteiger partial charge is 0.265 e. The van der Waals surface area contributed by atoms with Crippen LogP contribution in [-0.4, -0.2) is 38.2 Å². The molecule has 1 fully saturated rings. The Morgan fingerprint density at radius 2 is 1.92 bits per heavy atom. The summed E-state index contributed by atoms with van der Waals surface area (Å²) in [6.45, 7) is 7.59. The van der Waals surface area contributed by atoms with Gasteiger partial charge in [0, 0.05) is 17.8 Å². The molecule has 2 amide bonds. The maximum absolute atomic E-state index is 12.7. The standard InChI is InChI=1S/C19H18N4O2S/c1-4-10-22-18(25)16(17(24)20-19(22)26)11-15-12(2)21-23(13(15)3)14-8-6-5-7-9-14/h4-9,11H,1,10H2,2-3H3,(H,20,24,26). The molecule has 3 rings (SSSR count). The fourth-order valence-electron chi connectivity index (χ4n) is 2.82. The monoisotopic (exact) mass is 366 g/mol. The van der Waals surface area contributed by atoms with E-state index in [1.807, 2.05) is 44.2 Å². The Labute approximate surface area is 156 Å². The summed E-state index contributed by atoms with van der Waals surface area (Å²) in [5.41, 5.74) is 3.23. The Balaban J connectivity index is 2.05. The molecule has 26 heavy (non-hydrogen) atoms. The maximum Gasteiger partial charge on any atom is 0.265 e. The number of thiocarbonyl (C=S) groups is 1. The van der Waals surface area contributed by atoms with Gasteiger partial charge in [0.05, 0.1) is 11.4 Å². The number of amides is 2. The van der Waals surface area contributed by atoms with Crippen molar-refractivity contribution in [3.05, 3.63) is 65.5 Å². The van der Waals surface area contributed by atoms with Gasteiger partial charge in [-0.05, 0) is 44.3 Å². The zero-order valence-electron chi connectivity index (χ0n) is 14.5. The lowest BCUT2D eigenvalue weighted by molar-refractivity contribution is -0.128. The van der Waals surface area contributed by atoms with Crippen molar-refractivity contribution >= 4 is 35.2 Å². The minimum absolute atomic E-state index is 0.0271. The molecule has 0 bridgehead atoms. The topological polar surface area (TPSA) is 67.2 Å². The van der Waals surface area contributed by atoms with Gasteiger partial charge in [0.1, 0.15) is 5.57 Å². The first-order valence-corrected chi connectivity index (χ1v) is 8.46. The van der Waals surface area contributed by atoms with Crippen molar-refractivity contribution in [3.8, 4) is 5.69 Å². The van der Waals surface area contributed by atoms with Gasteiger partial charge in [-0.25, -0.2) is 4.68 Å². The molecule has 1 aliphatic heterocycles. The molecule has 1 aliphatic rings. The Hall–Kier alpha value is -3.06. The number of hydrogen-bond acceptors (Lipinski definition) is 4. The molecular formula is C19H18N4O2S. The van der Waals surface area contributed by atoms with E-state index in [1.54, 1.807) is 16.8 Å². The predicted molar refractivity (Wildman–Crippen MR) is 104 cm³/mol. The van der Waals surface area contributed by atoms with Crippen molar-refractivity contribution in [1.29, 1.82) is 0 Å². The van der Waals surface area contributed by atoms with Crippen LogP contribution in [0.15, 0.2) is 48.6 Å². The van der Waals surface area contributed by atoms with Gasteiger partial charge in [0.25, 0.3) is 11.8 Å². The number of nitrogens with zero attached hydrogens (tertiary/aromatic N) is 3. The summed E-state index contributed by atoms with van der Waals surface area (Å²) < 4.78 is 1.79. The molecule has 2 heterocycles. The third kappa shape index (κ3) is 3.09. The lowest BCUT2D eigenvalue weighted by atomic mass is 10.1. The van der Waals surface area contributed by atoms with Gasteiger partial charge in [-0.15, -0.1) is 6.58 Å². The SMILES string of the molecule is C=CCN1C(=O)C(=Cc2c(C)nn(-c3ccccc3)c2C)C(=O)NC1=S. The molecule has 1 N–H and O–H groups in total. The second-order valence-electron chi connectivity index (χ2n) is 5.85. The minimum Gasteiger partial charge on any atom is -0.298 e. The second kappa shape index (κ2) is 7.05. The molecule has 132 valence electrons. The number of benzene rings is 1. The summed E-state index contributed by atoms with van der Waals surface area (Å²) in [5, 5.41) is 7.17. The van der Waals surface area contributed by atoms with Crippen molar-refractivity contribution < 1.29 is 9.59 Å². The van der Waals surface area contributed by atoms with E-state index in [4.69, 9.17) is 12.2 Å². The first kappa shape index (κ1) is 17.8. The van der Waals surface area contributed by atoms with Gasteiger partial charge in [0.15, 0.2) is 5.11 Å². The van der Waals surface area contributed by atoms with E-state index < -0.39 is 11.8 Å². The molecular weight excluding hydrogens is 348 g/mol. The number of para-hydroxylation sites is 1. The average molecular weight is 366 g/mol. The van der Waals surface area contributed by atoms with Crippen LogP contribution >= 0.6 is 12.2 Å². The Morgan fingerprint density at radius 3 is 2.58 bits per heavy atom. The fourth-order valence-corrected chi connectivity index (χ4v) is 3.07. The number of nitrogens with one attached hydrogen (secondary N) is 1. The molecule has 0 spiro atoms. The third-order valence-corrected chi connectivity index (χ3v) is 4.46. The van der Waals surface area contributed by atoms with Crippen LogP contribution in [0, 0.1) is 13.8 Å². The summed E-state index contributed by atoms with van der Waals surface area (Å²) in [7, 11) is 0. The third-order valence-electron chi connectivity index (χ3n) is 4.13. The molecule has 2 aromatic rings. The summed E-state index contributed by atoms with van der Waals surface area (Å²) >= 11 is 5.07. The van der Waals surface area contributed by atoms with Crippen LogP contribution in [0.2, 0.25) is 0 Å². The van der Waals surface area contributed by atoms with E-state index in [-0.39, 0.29) is 17.2 Å². The van der Waals surface area contributed by atoms with Crippen LogP contribution in [0.5, 0.6) is 0 Å². The first-order valence-electron chi connectivity index (χ1n) is 8.05. The zero-order chi connectivity index (χ0) is 18.8. The van der Waals surface area contributed by atoms with Crippen LogP contribution in [0.3, 0.4) is 0 Å². The summed E-state index contributed by atoms with van der Waals surface area (Å²) in [6.07, 6.45) is 3.13. The number of aryl methyl sites for hydroxylation is 1. The lowest BCUT2D eigenvalue weighted by Gasteiger charge is -2.27. The van der Waals surface area contributed by atoms with Gasteiger partial charge in [-0.3, -0.25) is 19.8 Å². The van der Waals surface area contributed by atoms with Crippen LogP contribution < -0.4 is 5.32 Å². The molecule has 0 aliphatic carbocycles. The summed E-state index contributed by atoms with van der Waals surface area (Å²) in [6, 6.07) is 9.67. The number of rotatable bonds is 4. The Bertz CT molecular complexity index is 944. The Kier molecular flexibility index (Phi) is 4.81. The predicted octanol–water partition coefficient (Wildman–Crippen LogP) is 2.30. The van der Waals surface area contributed by atoms with E-state index >= 15 is 0 Å². The van der Waals surface area contributed by atoms with Gasteiger partial charge in [0.2, 0.25) is 0 Å². The van der Waals surface area contributed by atoms with Crippen molar-refractivity contribution in [2.45, 2.75) is 13.8 Å². The Morgan fingerprint density at radius 1 is 1.23 bits per heavy atom. The number of carbonyl (C=O) groups excluding carboxylic acids is 2. The minimum atomic E-state index is -0.508. The average Bonchev–Trinajstić information content (AvgIpc) is 2.90. The van der Waals surface area contributed by atoms with E-state index in [2.05, 4.69) is 17.0 Å². The van der Waals surface area contributed by atoms with E-state index in [1.165, 1.54) is 4.90 Å². The normalized spacial score (nSPS) is 16.2. The first-order chi connectivity index (χ1) is 12.4. The molecule has 6 nitrogen and oxygen atoms in total. The highest BCUT2D eigenvalue weighted by Gasteiger charge is 2.33. The van der Waals surface area contributed by atoms with E-state index in [9.17, 15) is 9.59 Å². The fraction of sp³-hybridized carbons (Fsp3) is 0.158. The summed E-state index contributed by atoms with van der Waals surface area (Å²) in [5.74, 6) is -0.948. The summed E-state index contributed by atoms with van der Waals surface area (Å²) in [4.78, 5) is 26.3. The molecule has 0 radical (unpaired) electrons. The molecule has 0 unspecified atom stereocenters. The van der Waals surface area contributed by atoms with Gasteiger partial charge < -0.3 is 0 Å². The van der Waals surface area contributed by atoms with Crippen molar-refractivity contribution in [1.82, 2.24) is 20.0 Å². The van der Waals surface area contributed by atoms with Crippen molar-refractivity contribution in [2.24, 2.45) is 0 Å². The zero-order valence-corrected chi connectivity index (χ0v) is 15.3. The van der Waals surface area contributed by atoms with Crippen LogP contribution in [0.25, 0.3) is 11.8 Å². The van der Waals surface area contributed by atoms with Gasteiger partial charge >= 0.3 is 0 Å². The second-order valence-corrected chi connectivity index (χ2v) is 6.24. The number of aromatic nitrogens is 2. The number of hydrogen-bond donors (Lipinski definition) is 1. The molecule has 0 atom stereocenters. The molecule has 1 aromatic carbocycles. The highest BCUT2D eigenvalue weighted by atomic mass is 32.1. The maximum atomic E-state index is 12.7. The van der Waals surface area contributed by atoms with Crippen molar-refractivity contribution in [3.63, 3.8) is 0 Å². The van der Waals surface area contributed by atoms with Crippen LogP contribution in [0.1, 0.15) is 17.0 Å². The van der Waals surface area contributed by atoms with Gasteiger partial charge in [-0.1, -0.05) is 24.3 Å². The van der Waals surface area contributed by atoms with E-state index in [0.717, 1.165) is 22.6 Å². The molecule has 1 aromatic heterocycles. The largest absolute Gasteiger partial charge is 0.298 e. The van der Waals surface area contributed by atoms with Gasteiger partial charge in [-0.2, -0.15) is 5.10 Å². The lowest BCUT2D eigenvalue weighted by Crippen LogP contribution is -2.53. The highest BCUT2D eigenvalue weighted by molar-refractivity contribution is 7.80. The highest BCUT2D eigenvalue weighted by Crippen LogP contribution is 2.22. The van der Waals surface area contributed by atoms with Crippen molar-refractivity contribution in [2.75, 3.05) is 6.54 Å². The quantitative estimate of drug-likeness (QED) is 0.390. The van der Waals surface area contributed by atoms with E-state index in [0.29, 0.717) is 0 Å².